The highest BCUT2D eigenvalue weighted by atomic mass is 35.5. The van der Waals surface area contributed by atoms with E-state index < -0.39 is 30.0 Å². The normalized spacial score (nSPS) is 16.1. The van der Waals surface area contributed by atoms with E-state index in [1.807, 2.05) is 0 Å². The molecule has 0 aliphatic carbocycles. The van der Waals surface area contributed by atoms with Gasteiger partial charge in [-0.15, -0.1) is 0 Å². The summed E-state index contributed by atoms with van der Waals surface area (Å²) in [4.78, 5) is 28.6. The number of nitrogens with zero attached hydrogens (tertiary/aromatic N) is 5. The van der Waals surface area contributed by atoms with Gasteiger partial charge in [-0.25, -0.2) is 18.7 Å². The number of likely N-dealkylation sites (N-methyl/N-ethyl adjacent to an activating group) is 1. The first-order valence-electron chi connectivity index (χ1n) is 19.6. The number of furan rings is 2. The van der Waals surface area contributed by atoms with Crippen LogP contribution in [-0.2, 0) is 4.79 Å². The zero-order valence-corrected chi connectivity index (χ0v) is 37.0. The fraction of sp³-hybridized carbons (Fsp3) is 0.295. The molecule has 0 fully saturated rings. The third kappa shape index (κ3) is 8.04. The van der Waals surface area contributed by atoms with Gasteiger partial charge in [-0.2, -0.15) is 0 Å². The molecule has 6 heterocycles. The van der Waals surface area contributed by atoms with Crippen molar-refractivity contribution >= 4 is 97.0 Å². The van der Waals surface area contributed by atoms with Gasteiger partial charge in [-0.1, -0.05) is 58.6 Å². The van der Waals surface area contributed by atoms with Gasteiger partial charge in [0.1, 0.15) is 30.0 Å². The molecule has 2 aliphatic heterocycles. The molecule has 4 N–H and O–H groups in total. The molecule has 0 radical (unpaired) electrons. The maximum atomic E-state index is 14.3. The van der Waals surface area contributed by atoms with Crippen LogP contribution in [0.25, 0.3) is 33.1 Å². The lowest BCUT2D eigenvalue weighted by molar-refractivity contribution is -0.141. The lowest BCUT2D eigenvalue weighted by Gasteiger charge is -2.42. The third-order valence-electron chi connectivity index (χ3n) is 11.3. The average Bonchev–Trinajstić information content (AvgIpc) is 3.89. The quantitative estimate of drug-likeness (QED) is 0.120. The van der Waals surface area contributed by atoms with Gasteiger partial charge in [-0.05, 0) is 62.1 Å². The van der Waals surface area contributed by atoms with E-state index in [2.05, 4.69) is 31.9 Å². The smallest absolute Gasteiger partial charge is 0.254 e. The minimum Gasteiger partial charge on any atom is -0.478 e. The van der Waals surface area contributed by atoms with Crippen LogP contribution in [0.2, 0.25) is 20.1 Å². The zero-order chi connectivity index (χ0) is 44.1. The molecule has 12 nitrogen and oxygen atoms in total. The first kappa shape index (κ1) is 43.6. The van der Waals surface area contributed by atoms with Crippen molar-refractivity contribution in [2.45, 2.75) is 45.1 Å². The van der Waals surface area contributed by atoms with Gasteiger partial charge in [0.05, 0.1) is 33.3 Å². The topological polar surface area (TPSA) is 149 Å². The lowest BCUT2D eigenvalue weighted by atomic mass is 9.97. The molecule has 0 saturated carbocycles. The molecule has 2 aromatic carbocycles. The SMILES string of the molecule is C[C@@H](Oc1c(N)ncc2c(C3=CCN(C(C(=O)N(C)C)N4CC=C(c5coc6c(O[C@H](C)c7c(Cl)ccc(F)c7Cl)c(N)ncc56)CC4)CC3)coc12)c1c(Cl)ccc(F)c1Cl. The standard InChI is InChI=1S/C44H41Cl4F2N7O5/c1-21(33-29(45)5-7-31(49)35(33)47)61-39-37-25(17-53-41(39)51)27(19-59-37)23-9-13-56(14-10-23)43(44(58)55(3)4)57-15-11-24(12-16-57)28-20-60-38-26(28)18-54-42(52)40(38)62-22(2)34-30(46)6-8-32(50)36(34)48/h5-9,11,17-22,43H,10,12-16H2,1-4H3,(H2,51,53)(H2,52,54)/t21-,22-/m1/s1. The number of nitrogens with two attached hydrogens (primary N) is 2. The summed E-state index contributed by atoms with van der Waals surface area (Å²) >= 11 is 25.3. The molecule has 0 unspecified atom stereocenters. The fourth-order valence-electron chi connectivity index (χ4n) is 8.07. The van der Waals surface area contributed by atoms with Crippen molar-refractivity contribution in [3.8, 4) is 11.5 Å². The number of amides is 1. The number of benzene rings is 2. The van der Waals surface area contributed by atoms with Crippen LogP contribution in [0.5, 0.6) is 11.5 Å². The molecule has 62 heavy (non-hydrogen) atoms. The molecule has 0 bridgehead atoms. The minimum absolute atomic E-state index is 0.0376. The molecule has 8 rings (SSSR count). The van der Waals surface area contributed by atoms with E-state index in [-0.39, 0.29) is 60.3 Å². The summed E-state index contributed by atoms with van der Waals surface area (Å²) in [5.74, 6) is -0.727. The second-order valence-corrected chi connectivity index (χ2v) is 16.9. The Morgan fingerprint density at radius 3 is 1.53 bits per heavy atom. The summed E-state index contributed by atoms with van der Waals surface area (Å²) in [7, 11) is 3.51. The highest BCUT2D eigenvalue weighted by Crippen LogP contribution is 2.44. The molecule has 4 aromatic heterocycles. The van der Waals surface area contributed by atoms with Crippen molar-refractivity contribution in [2.24, 2.45) is 0 Å². The first-order valence-corrected chi connectivity index (χ1v) is 21.1. The predicted molar refractivity (Wildman–Crippen MR) is 239 cm³/mol. The molecular formula is C44H41Cl4F2N7O5. The third-order valence-corrected chi connectivity index (χ3v) is 12.7. The Morgan fingerprint density at radius 1 is 0.742 bits per heavy atom. The fourth-order valence-corrected chi connectivity index (χ4v) is 9.42. The van der Waals surface area contributed by atoms with E-state index in [9.17, 15) is 13.6 Å². The van der Waals surface area contributed by atoms with Crippen LogP contribution in [-0.4, -0.2) is 77.0 Å². The maximum absolute atomic E-state index is 14.3. The first-order chi connectivity index (χ1) is 29.6. The van der Waals surface area contributed by atoms with E-state index in [0.29, 0.717) is 61.0 Å². The van der Waals surface area contributed by atoms with Gasteiger partial charge in [0, 0.05) is 85.0 Å². The Hall–Kier alpha value is -5.09. The Kier molecular flexibility index (Phi) is 12.4. The largest absolute Gasteiger partial charge is 0.478 e. The number of fused-ring (bicyclic) bond motifs is 2. The van der Waals surface area contributed by atoms with Gasteiger partial charge >= 0.3 is 0 Å². The number of anilines is 2. The Labute approximate surface area is 375 Å². The van der Waals surface area contributed by atoms with Gasteiger partial charge in [0.15, 0.2) is 22.8 Å². The number of halogens is 6. The molecule has 324 valence electrons. The molecule has 0 saturated heterocycles. The number of nitrogen functional groups attached to an aromatic ring is 2. The maximum Gasteiger partial charge on any atom is 0.254 e. The zero-order valence-electron chi connectivity index (χ0n) is 33.9. The molecule has 18 heteroatoms. The van der Waals surface area contributed by atoms with Crippen LogP contribution in [0.1, 0.15) is 61.2 Å². The minimum atomic E-state index is -0.782. The van der Waals surface area contributed by atoms with E-state index in [1.54, 1.807) is 57.8 Å². The second-order valence-electron chi connectivity index (χ2n) is 15.3. The number of carbonyl (C=O) groups excluding carboxylic acids is 1. The summed E-state index contributed by atoms with van der Waals surface area (Å²) in [5.41, 5.74) is 17.5. The Bertz CT molecular complexity index is 2620. The van der Waals surface area contributed by atoms with Crippen molar-refractivity contribution < 1.29 is 31.9 Å². The molecule has 6 aromatic rings. The lowest BCUT2D eigenvalue weighted by Crippen LogP contribution is -2.58. The summed E-state index contributed by atoms with van der Waals surface area (Å²) in [6, 6.07) is 5.21. The van der Waals surface area contributed by atoms with E-state index in [1.165, 1.54) is 24.3 Å². The molecular weight excluding hydrogens is 886 g/mol. The number of rotatable bonds is 11. The van der Waals surface area contributed by atoms with Crippen molar-refractivity contribution in [3.63, 3.8) is 0 Å². The van der Waals surface area contributed by atoms with Crippen molar-refractivity contribution in [2.75, 3.05) is 51.7 Å². The van der Waals surface area contributed by atoms with E-state index >= 15 is 0 Å². The summed E-state index contributed by atoms with van der Waals surface area (Å²) in [5, 5.41) is 1.58. The van der Waals surface area contributed by atoms with Crippen LogP contribution in [0.3, 0.4) is 0 Å². The van der Waals surface area contributed by atoms with Crippen LogP contribution in [0, 0.1) is 11.6 Å². The Balaban J connectivity index is 1.00. The number of hydrogen-bond donors (Lipinski definition) is 2. The number of ether oxygens (including phenoxy) is 2. The Morgan fingerprint density at radius 2 is 1.16 bits per heavy atom. The van der Waals surface area contributed by atoms with Gasteiger partial charge < -0.3 is 34.7 Å². The van der Waals surface area contributed by atoms with E-state index in [0.717, 1.165) is 22.3 Å². The van der Waals surface area contributed by atoms with Crippen LogP contribution >= 0.6 is 46.4 Å². The van der Waals surface area contributed by atoms with Gasteiger partial charge in [0.2, 0.25) is 11.5 Å². The van der Waals surface area contributed by atoms with Crippen LogP contribution < -0.4 is 20.9 Å². The predicted octanol–water partition coefficient (Wildman–Crippen LogP) is 10.6. The van der Waals surface area contributed by atoms with Crippen LogP contribution in [0.4, 0.5) is 20.4 Å². The van der Waals surface area contributed by atoms with Crippen molar-refractivity contribution in [1.82, 2.24) is 24.7 Å². The van der Waals surface area contributed by atoms with Gasteiger partial charge in [0.25, 0.3) is 5.91 Å². The molecule has 2 atom stereocenters. The number of carbonyl (C=O) groups is 1. The number of pyridine rings is 2. The summed E-state index contributed by atoms with van der Waals surface area (Å²) in [6.07, 6.45) is 9.86. The number of aromatic nitrogens is 2. The second kappa shape index (κ2) is 17.6. The summed E-state index contributed by atoms with van der Waals surface area (Å²) < 4.78 is 53.1. The molecule has 1 amide bonds. The van der Waals surface area contributed by atoms with Gasteiger partial charge in [-0.3, -0.25) is 14.6 Å². The average molecular weight is 928 g/mol. The monoisotopic (exact) mass is 925 g/mol. The van der Waals surface area contributed by atoms with E-state index in [4.69, 9.17) is 76.2 Å². The molecule has 2 aliphatic rings. The highest BCUT2D eigenvalue weighted by Gasteiger charge is 2.36. The summed E-state index contributed by atoms with van der Waals surface area (Å²) in [6.45, 7) is 5.52. The highest BCUT2D eigenvalue weighted by molar-refractivity contribution is 6.36. The van der Waals surface area contributed by atoms with Crippen molar-refractivity contribution in [3.05, 3.63) is 115 Å². The molecule has 0 spiro atoms. The number of hydrogen-bond acceptors (Lipinski definition) is 11. The van der Waals surface area contributed by atoms with Crippen LogP contribution in [0.15, 0.2) is 70.2 Å². The van der Waals surface area contributed by atoms with Crippen molar-refractivity contribution in [1.29, 1.82) is 0 Å².